The van der Waals surface area contributed by atoms with Gasteiger partial charge in [0.05, 0.1) is 10.3 Å². The van der Waals surface area contributed by atoms with E-state index in [0.717, 1.165) is 43.8 Å². The Morgan fingerprint density at radius 1 is 1.32 bits per heavy atom. The summed E-state index contributed by atoms with van der Waals surface area (Å²) in [6.07, 6.45) is -1.04. The van der Waals surface area contributed by atoms with Gasteiger partial charge in [0.1, 0.15) is 5.69 Å². The third kappa shape index (κ3) is 3.97. The number of amides is 1. The summed E-state index contributed by atoms with van der Waals surface area (Å²) in [5.41, 5.74) is 0.135. The number of alkyl halides is 3. The molecule has 2 aromatic heterocycles. The lowest BCUT2D eigenvalue weighted by atomic mass is 9.84. The minimum absolute atomic E-state index is 0.00327. The van der Waals surface area contributed by atoms with E-state index >= 15 is 0 Å². The molecule has 3 aliphatic rings. The first kappa shape index (κ1) is 19.1. The second kappa shape index (κ2) is 7.32. The molecule has 2 aromatic rings. The van der Waals surface area contributed by atoms with Gasteiger partial charge in [-0.1, -0.05) is 0 Å². The number of hydrogen-bond acceptors (Lipinski definition) is 6. The molecule has 5 heterocycles. The maximum atomic E-state index is 12.6. The van der Waals surface area contributed by atoms with Gasteiger partial charge in [0.15, 0.2) is 6.61 Å². The van der Waals surface area contributed by atoms with E-state index < -0.39 is 18.8 Å². The summed E-state index contributed by atoms with van der Waals surface area (Å²) in [5, 5.41) is 4.80. The predicted octanol–water partition coefficient (Wildman–Crippen LogP) is 2.84. The number of thiophene rings is 1. The summed E-state index contributed by atoms with van der Waals surface area (Å²) in [5.74, 6) is -0.966. The van der Waals surface area contributed by atoms with Gasteiger partial charge in [-0.25, -0.2) is 9.78 Å². The minimum Gasteiger partial charge on any atom is -0.452 e. The van der Waals surface area contributed by atoms with Crippen molar-refractivity contribution >= 4 is 33.3 Å². The largest absolute Gasteiger partial charge is 0.452 e. The number of hydrogen-bond donors (Lipinski definition) is 1. The van der Waals surface area contributed by atoms with Gasteiger partial charge in [0.25, 0.3) is 5.91 Å². The molecule has 0 aliphatic carbocycles. The van der Waals surface area contributed by atoms with E-state index in [4.69, 9.17) is 0 Å². The first-order valence-corrected chi connectivity index (χ1v) is 9.82. The van der Waals surface area contributed by atoms with E-state index in [1.165, 1.54) is 17.6 Å². The van der Waals surface area contributed by atoms with Crippen LogP contribution in [0.5, 0.6) is 0 Å². The highest BCUT2D eigenvalue weighted by molar-refractivity contribution is 7.17. The lowest BCUT2D eigenvalue weighted by Gasteiger charge is -2.44. The number of esters is 1. The van der Waals surface area contributed by atoms with E-state index in [-0.39, 0.29) is 23.2 Å². The highest BCUT2D eigenvalue weighted by atomic mass is 32.1. The fraction of sp³-hybridized carbons (Fsp3) is 0.500. The van der Waals surface area contributed by atoms with Crippen molar-refractivity contribution in [3.05, 3.63) is 28.9 Å². The highest BCUT2D eigenvalue weighted by Gasteiger charge is 2.35. The molecule has 6 nitrogen and oxygen atoms in total. The standard InChI is InChI=1S/C18H18F3N3O3S/c19-18(20,21)9-27-17(26)12-8-28-15-6-22-13(5-11(12)15)16(25)23-14-7-24-3-1-10(14)2-4-24/h5-6,8,10,14H,1-4,7,9H2,(H,23,25)/t14-/m0/s1. The number of nitrogens with zero attached hydrogens (tertiary/aromatic N) is 2. The SMILES string of the molecule is O=C(N[C@H]1CN2CCC1CC2)c1cc2c(C(=O)OCC(F)(F)F)csc2cn1. The van der Waals surface area contributed by atoms with Crippen LogP contribution >= 0.6 is 11.3 Å². The zero-order valence-electron chi connectivity index (χ0n) is 14.8. The summed E-state index contributed by atoms with van der Waals surface area (Å²) in [6, 6.07) is 1.50. The lowest BCUT2D eigenvalue weighted by molar-refractivity contribution is -0.161. The average molecular weight is 413 g/mol. The number of pyridine rings is 1. The van der Waals surface area contributed by atoms with Gasteiger partial charge in [-0.15, -0.1) is 11.3 Å². The molecule has 1 N–H and O–H groups in total. The number of carbonyl (C=O) groups is 2. The summed E-state index contributed by atoms with van der Waals surface area (Å²) < 4.78 is 41.8. The van der Waals surface area contributed by atoms with Crippen molar-refractivity contribution in [2.24, 2.45) is 5.92 Å². The van der Waals surface area contributed by atoms with Crippen LogP contribution in [0.1, 0.15) is 33.7 Å². The normalized spacial score (nSPS) is 24.3. The Morgan fingerprint density at radius 3 is 2.71 bits per heavy atom. The van der Waals surface area contributed by atoms with Crippen LogP contribution in [0.15, 0.2) is 17.6 Å². The molecule has 28 heavy (non-hydrogen) atoms. The maximum Gasteiger partial charge on any atom is 0.422 e. The van der Waals surface area contributed by atoms with Gasteiger partial charge in [-0.2, -0.15) is 13.2 Å². The number of fused-ring (bicyclic) bond motifs is 4. The van der Waals surface area contributed by atoms with Gasteiger partial charge in [-0.05, 0) is 37.9 Å². The van der Waals surface area contributed by atoms with Gasteiger partial charge in [0, 0.05) is 29.5 Å². The zero-order chi connectivity index (χ0) is 19.9. The first-order valence-electron chi connectivity index (χ1n) is 8.94. The molecule has 0 aromatic carbocycles. The van der Waals surface area contributed by atoms with Crippen LogP contribution < -0.4 is 5.32 Å². The Morgan fingerprint density at radius 2 is 2.07 bits per heavy atom. The molecule has 3 aliphatic heterocycles. The number of nitrogens with one attached hydrogen (secondary N) is 1. The van der Waals surface area contributed by atoms with E-state index in [9.17, 15) is 22.8 Å². The van der Waals surface area contributed by atoms with Gasteiger partial charge < -0.3 is 15.0 Å². The summed E-state index contributed by atoms with van der Waals surface area (Å²) >= 11 is 1.16. The van der Waals surface area contributed by atoms with Crippen molar-refractivity contribution in [2.75, 3.05) is 26.2 Å². The van der Waals surface area contributed by atoms with Gasteiger partial charge in [0.2, 0.25) is 0 Å². The molecule has 0 saturated carbocycles. The molecular formula is C18H18F3N3O3S. The summed E-state index contributed by atoms with van der Waals surface area (Å²) in [6.45, 7) is 1.27. The molecule has 1 amide bonds. The fourth-order valence-corrected chi connectivity index (χ4v) is 4.69. The third-order valence-corrected chi connectivity index (χ3v) is 6.19. The quantitative estimate of drug-likeness (QED) is 0.781. The highest BCUT2D eigenvalue weighted by Crippen LogP contribution is 2.29. The number of piperidine rings is 3. The van der Waals surface area contributed by atoms with Crippen LogP contribution in [-0.4, -0.2) is 60.2 Å². The van der Waals surface area contributed by atoms with E-state index in [0.29, 0.717) is 16.0 Å². The molecule has 3 fully saturated rings. The Labute approximate surface area is 162 Å². The molecule has 5 rings (SSSR count). The smallest absolute Gasteiger partial charge is 0.422 e. The lowest BCUT2D eigenvalue weighted by Crippen LogP contribution is -2.57. The van der Waals surface area contributed by atoms with Crippen molar-refractivity contribution in [1.82, 2.24) is 15.2 Å². The van der Waals surface area contributed by atoms with Crippen LogP contribution in [0.4, 0.5) is 13.2 Å². The summed E-state index contributed by atoms with van der Waals surface area (Å²) in [7, 11) is 0. The molecule has 2 bridgehead atoms. The fourth-order valence-electron chi connectivity index (χ4n) is 3.81. The molecule has 10 heteroatoms. The van der Waals surface area contributed by atoms with Crippen LogP contribution in [-0.2, 0) is 4.74 Å². The number of aromatic nitrogens is 1. The first-order chi connectivity index (χ1) is 13.3. The van der Waals surface area contributed by atoms with E-state index in [1.54, 1.807) is 0 Å². The number of carbonyl (C=O) groups excluding carboxylic acids is 2. The molecule has 150 valence electrons. The van der Waals surface area contributed by atoms with Crippen molar-refractivity contribution < 1.29 is 27.5 Å². The molecule has 3 saturated heterocycles. The molecule has 0 radical (unpaired) electrons. The van der Waals surface area contributed by atoms with Crippen molar-refractivity contribution in [3.63, 3.8) is 0 Å². The zero-order valence-corrected chi connectivity index (χ0v) is 15.6. The molecule has 0 unspecified atom stereocenters. The second-order valence-corrected chi connectivity index (χ2v) is 8.04. The van der Waals surface area contributed by atoms with Crippen LogP contribution in [0.2, 0.25) is 0 Å². The second-order valence-electron chi connectivity index (χ2n) is 7.12. The van der Waals surface area contributed by atoms with Crippen molar-refractivity contribution in [2.45, 2.75) is 25.1 Å². The third-order valence-electron chi connectivity index (χ3n) is 5.25. The van der Waals surface area contributed by atoms with Crippen LogP contribution in [0.3, 0.4) is 0 Å². The Kier molecular flexibility index (Phi) is 5.00. The number of ether oxygens (including phenoxy) is 1. The summed E-state index contributed by atoms with van der Waals surface area (Å²) in [4.78, 5) is 31.1. The number of halogens is 3. The average Bonchev–Trinajstić information content (AvgIpc) is 3.10. The monoisotopic (exact) mass is 413 g/mol. The molecular weight excluding hydrogens is 395 g/mol. The van der Waals surface area contributed by atoms with E-state index in [1.807, 2.05) is 0 Å². The topological polar surface area (TPSA) is 71.5 Å². The van der Waals surface area contributed by atoms with E-state index in [2.05, 4.69) is 19.9 Å². The number of rotatable bonds is 4. The Bertz CT molecular complexity index is 906. The van der Waals surface area contributed by atoms with Crippen LogP contribution in [0.25, 0.3) is 10.1 Å². The Hall–Kier alpha value is -2.20. The predicted molar refractivity (Wildman–Crippen MR) is 96.4 cm³/mol. The molecule has 0 spiro atoms. The Balaban J connectivity index is 1.50. The van der Waals surface area contributed by atoms with Crippen molar-refractivity contribution in [1.29, 1.82) is 0 Å². The van der Waals surface area contributed by atoms with Gasteiger partial charge >= 0.3 is 12.1 Å². The van der Waals surface area contributed by atoms with Crippen LogP contribution in [0, 0.1) is 5.92 Å². The minimum atomic E-state index is -4.59. The van der Waals surface area contributed by atoms with Gasteiger partial charge in [-0.3, -0.25) is 4.79 Å². The molecule has 1 atom stereocenters. The van der Waals surface area contributed by atoms with Crippen molar-refractivity contribution in [3.8, 4) is 0 Å². The maximum absolute atomic E-state index is 12.6.